The number of nitrogens with one attached hydrogen (secondary N) is 1. The molecular weight excluding hydrogens is 392 g/mol. The number of thiazole rings is 1. The van der Waals surface area contributed by atoms with Gasteiger partial charge in [-0.1, -0.05) is 17.4 Å². The normalized spacial score (nSPS) is 20.2. The predicted molar refractivity (Wildman–Crippen MR) is 109 cm³/mol. The summed E-state index contributed by atoms with van der Waals surface area (Å²) in [5.74, 6) is -0.0493. The van der Waals surface area contributed by atoms with Gasteiger partial charge in [0.15, 0.2) is 11.3 Å². The molecule has 0 bridgehead atoms. The highest BCUT2D eigenvalue weighted by Crippen LogP contribution is 2.26. The number of rotatable bonds is 6. The van der Waals surface area contributed by atoms with Crippen LogP contribution in [0, 0.1) is 0 Å². The number of aromatic nitrogens is 2. The number of carbonyl (C=O) groups excluding carboxylic acids is 1. The number of ether oxygens (including phenoxy) is 3. The SMILES string of the molecule is CN(CC1OCCO1)C(=O)c1cn2c(nc3ccc(CN[C@@H]4CCOC4)cc32)s1. The van der Waals surface area contributed by atoms with Crippen LogP contribution < -0.4 is 5.32 Å². The molecule has 2 saturated heterocycles. The van der Waals surface area contributed by atoms with Crippen LogP contribution in [0.5, 0.6) is 0 Å². The third kappa shape index (κ3) is 3.88. The fraction of sp³-hybridized carbons (Fsp3) is 0.500. The highest BCUT2D eigenvalue weighted by atomic mass is 32.1. The van der Waals surface area contributed by atoms with Gasteiger partial charge in [0.05, 0.1) is 37.4 Å². The molecule has 3 aromatic rings. The number of hydrogen-bond donors (Lipinski definition) is 1. The third-order valence-corrected chi connectivity index (χ3v) is 6.34. The van der Waals surface area contributed by atoms with Gasteiger partial charge in [-0.25, -0.2) is 4.98 Å². The highest BCUT2D eigenvalue weighted by Gasteiger charge is 2.23. The maximum absolute atomic E-state index is 12.8. The molecular formula is C20H24N4O4S. The fourth-order valence-electron chi connectivity index (χ4n) is 3.73. The molecule has 1 aromatic carbocycles. The van der Waals surface area contributed by atoms with E-state index in [-0.39, 0.29) is 12.2 Å². The Labute approximate surface area is 172 Å². The number of carbonyl (C=O) groups is 1. The zero-order chi connectivity index (χ0) is 19.8. The molecule has 29 heavy (non-hydrogen) atoms. The van der Waals surface area contributed by atoms with Gasteiger partial charge in [-0.05, 0) is 24.1 Å². The Balaban J connectivity index is 1.34. The zero-order valence-corrected chi connectivity index (χ0v) is 17.1. The molecule has 0 saturated carbocycles. The van der Waals surface area contributed by atoms with Gasteiger partial charge in [0, 0.05) is 32.4 Å². The second-order valence-electron chi connectivity index (χ2n) is 7.48. The Morgan fingerprint density at radius 3 is 3.00 bits per heavy atom. The summed E-state index contributed by atoms with van der Waals surface area (Å²) >= 11 is 1.40. The molecule has 1 N–H and O–H groups in total. The topological polar surface area (TPSA) is 77.3 Å². The van der Waals surface area contributed by atoms with Crippen LogP contribution >= 0.6 is 11.3 Å². The molecule has 8 nitrogen and oxygen atoms in total. The number of fused-ring (bicyclic) bond motifs is 3. The number of amides is 1. The van der Waals surface area contributed by atoms with Crippen LogP contribution in [-0.2, 0) is 20.8 Å². The number of hydrogen-bond acceptors (Lipinski definition) is 7. The summed E-state index contributed by atoms with van der Waals surface area (Å²) in [5.41, 5.74) is 3.14. The first-order chi connectivity index (χ1) is 14.2. The number of likely N-dealkylation sites (N-methyl/N-ethyl adjacent to an activating group) is 1. The van der Waals surface area contributed by atoms with E-state index in [1.54, 1.807) is 11.9 Å². The minimum Gasteiger partial charge on any atom is -0.380 e. The van der Waals surface area contributed by atoms with E-state index in [4.69, 9.17) is 14.2 Å². The van der Waals surface area contributed by atoms with Crippen LogP contribution in [-0.4, -0.2) is 72.5 Å². The van der Waals surface area contributed by atoms with Crippen LogP contribution in [0.4, 0.5) is 0 Å². The summed E-state index contributed by atoms with van der Waals surface area (Å²) in [7, 11) is 1.77. The van der Waals surface area contributed by atoms with Crippen molar-refractivity contribution in [2.75, 3.05) is 40.0 Å². The Morgan fingerprint density at radius 2 is 2.21 bits per heavy atom. The molecule has 0 aliphatic carbocycles. The summed E-state index contributed by atoms with van der Waals surface area (Å²) in [6.07, 6.45) is 2.60. The summed E-state index contributed by atoms with van der Waals surface area (Å²) in [6, 6.07) is 6.71. The lowest BCUT2D eigenvalue weighted by Gasteiger charge is -2.19. The quantitative estimate of drug-likeness (QED) is 0.661. The van der Waals surface area contributed by atoms with Crippen molar-refractivity contribution in [2.24, 2.45) is 0 Å². The molecule has 9 heteroatoms. The van der Waals surface area contributed by atoms with Crippen molar-refractivity contribution in [3.05, 3.63) is 34.8 Å². The van der Waals surface area contributed by atoms with Gasteiger partial charge in [-0.3, -0.25) is 9.20 Å². The second-order valence-corrected chi connectivity index (χ2v) is 8.49. The van der Waals surface area contributed by atoms with Gasteiger partial charge in [0.1, 0.15) is 4.88 Å². The zero-order valence-electron chi connectivity index (χ0n) is 16.3. The predicted octanol–water partition coefficient (Wildman–Crippen LogP) is 1.87. The first-order valence-electron chi connectivity index (χ1n) is 9.88. The number of imidazole rings is 1. The Kier molecular flexibility index (Phi) is 5.23. The molecule has 4 heterocycles. The number of nitrogens with zero attached hydrogens (tertiary/aromatic N) is 3. The highest BCUT2D eigenvalue weighted by molar-refractivity contribution is 7.18. The van der Waals surface area contributed by atoms with Crippen molar-refractivity contribution in [3.8, 4) is 0 Å². The van der Waals surface area contributed by atoms with Crippen molar-refractivity contribution >= 4 is 33.2 Å². The molecule has 5 rings (SSSR count). The van der Waals surface area contributed by atoms with Crippen LogP contribution in [0.1, 0.15) is 21.7 Å². The Morgan fingerprint density at radius 1 is 1.34 bits per heavy atom. The van der Waals surface area contributed by atoms with E-state index in [0.29, 0.717) is 30.7 Å². The Bertz CT molecular complexity index is 1020. The minimum absolute atomic E-state index is 0.0493. The summed E-state index contributed by atoms with van der Waals surface area (Å²) in [4.78, 5) is 20.6. The van der Waals surface area contributed by atoms with Gasteiger partial charge in [0.2, 0.25) is 0 Å². The average molecular weight is 417 g/mol. The molecule has 0 spiro atoms. The first kappa shape index (κ1) is 19.0. The van der Waals surface area contributed by atoms with Crippen LogP contribution in [0.25, 0.3) is 16.0 Å². The van der Waals surface area contributed by atoms with Crippen molar-refractivity contribution in [1.29, 1.82) is 0 Å². The molecule has 2 fully saturated rings. The molecule has 1 amide bonds. The molecule has 0 radical (unpaired) electrons. The first-order valence-corrected chi connectivity index (χ1v) is 10.7. The molecule has 1 atom stereocenters. The Hall–Kier alpha value is -2.04. The summed E-state index contributed by atoms with van der Waals surface area (Å²) < 4.78 is 18.3. The van der Waals surface area contributed by atoms with E-state index < -0.39 is 0 Å². The van der Waals surface area contributed by atoms with E-state index >= 15 is 0 Å². The van der Waals surface area contributed by atoms with Gasteiger partial charge in [-0.15, -0.1) is 0 Å². The van der Waals surface area contributed by atoms with E-state index in [9.17, 15) is 4.79 Å². The lowest BCUT2D eigenvalue weighted by molar-refractivity contribution is -0.0542. The monoisotopic (exact) mass is 416 g/mol. The molecule has 2 aromatic heterocycles. The maximum Gasteiger partial charge on any atom is 0.265 e. The lowest BCUT2D eigenvalue weighted by atomic mass is 10.2. The van der Waals surface area contributed by atoms with Crippen molar-refractivity contribution in [2.45, 2.75) is 25.3 Å². The third-order valence-electron chi connectivity index (χ3n) is 5.36. The number of benzene rings is 1. The van der Waals surface area contributed by atoms with Gasteiger partial charge < -0.3 is 24.4 Å². The standard InChI is InChI=1S/C20H24N4O4S/c1-23(11-18-27-6-7-28-18)19(25)17-10-24-16-8-13(9-21-14-4-5-26-12-14)2-3-15(16)22-20(24)29-17/h2-3,8,10,14,18,21H,4-7,9,11-12H2,1H3/t14-/m1/s1. The van der Waals surface area contributed by atoms with E-state index in [2.05, 4.69) is 22.4 Å². The summed E-state index contributed by atoms with van der Waals surface area (Å²) in [6.45, 7) is 3.98. The van der Waals surface area contributed by atoms with Crippen molar-refractivity contribution < 1.29 is 19.0 Å². The van der Waals surface area contributed by atoms with Crippen LogP contribution in [0.15, 0.2) is 24.4 Å². The van der Waals surface area contributed by atoms with E-state index in [1.165, 1.54) is 16.9 Å². The minimum atomic E-state index is -0.339. The molecule has 2 aliphatic rings. The second kappa shape index (κ2) is 8.00. The lowest BCUT2D eigenvalue weighted by Crippen LogP contribution is -2.34. The fourth-order valence-corrected chi connectivity index (χ4v) is 4.72. The smallest absolute Gasteiger partial charge is 0.265 e. The molecule has 0 unspecified atom stereocenters. The van der Waals surface area contributed by atoms with E-state index in [0.717, 1.165) is 42.2 Å². The van der Waals surface area contributed by atoms with Crippen molar-refractivity contribution in [3.63, 3.8) is 0 Å². The average Bonchev–Trinajstić information content (AvgIpc) is 3.49. The summed E-state index contributed by atoms with van der Waals surface area (Å²) in [5, 5.41) is 3.54. The van der Waals surface area contributed by atoms with Gasteiger partial charge in [0.25, 0.3) is 5.91 Å². The molecule has 154 valence electrons. The maximum atomic E-state index is 12.8. The van der Waals surface area contributed by atoms with E-state index in [1.807, 2.05) is 16.7 Å². The molecule has 2 aliphatic heterocycles. The van der Waals surface area contributed by atoms with Crippen molar-refractivity contribution in [1.82, 2.24) is 19.6 Å². The van der Waals surface area contributed by atoms with Crippen LogP contribution in [0.2, 0.25) is 0 Å². The largest absolute Gasteiger partial charge is 0.380 e. The van der Waals surface area contributed by atoms with Gasteiger partial charge >= 0.3 is 0 Å². The van der Waals surface area contributed by atoms with Gasteiger partial charge in [-0.2, -0.15) is 0 Å². The van der Waals surface area contributed by atoms with Crippen LogP contribution in [0.3, 0.4) is 0 Å².